The number of hydrogen-bond donors (Lipinski definition) is 0. The monoisotopic (exact) mass is 568 g/mol. The molecule has 0 aliphatic heterocycles. The van der Waals surface area contributed by atoms with Crippen LogP contribution in [0.1, 0.15) is 5.56 Å². The molecular weight excluding hydrogens is 545 g/mol. The SMILES string of the molecule is Cc1cc2ccccc2c2c1oc1ncc(-c3cccc(-c4cccc(-c5cccc6c5sc5ccccc56)c4)c3)nc12. The van der Waals surface area contributed by atoms with Crippen molar-refractivity contribution in [1.29, 1.82) is 0 Å². The van der Waals surface area contributed by atoms with Crippen molar-refractivity contribution in [3.05, 3.63) is 133 Å². The van der Waals surface area contributed by atoms with Crippen LogP contribution in [-0.4, -0.2) is 9.97 Å². The second-order valence-electron chi connectivity index (χ2n) is 11.1. The molecule has 6 aromatic carbocycles. The Labute approximate surface area is 251 Å². The summed E-state index contributed by atoms with van der Waals surface area (Å²) in [5.41, 5.74) is 9.95. The molecule has 4 heteroatoms. The first-order chi connectivity index (χ1) is 21.2. The van der Waals surface area contributed by atoms with Crippen molar-refractivity contribution < 1.29 is 4.42 Å². The summed E-state index contributed by atoms with van der Waals surface area (Å²) in [4.78, 5) is 9.84. The van der Waals surface area contributed by atoms with Crippen LogP contribution >= 0.6 is 11.3 Å². The van der Waals surface area contributed by atoms with Crippen molar-refractivity contribution in [2.24, 2.45) is 0 Å². The molecule has 0 unspecified atom stereocenters. The lowest BCUT2D eigenvalue weighted by Gasteiger charge is -2.09. The molecule has 9 aromatic rings. The minimum absolute atomic E-state index is 0.567. The summed E-state index contributed by atoms with van der Waals surface area (Å²) in [6, 6.07) is 43.3. The maximum absolute atomic E-state index is 6.21. The molecule has 0 N–H and O–H groups in total. The Morgan fingerprint density at radius 2 is 1.33 bits per heavy atom. The molecule has 0 bridgehead atoms. The fourth-order valence-electron chi connectivity index (χ4n) is 6.39. The zero-order valence-corrected chi connectivity index (χ0v) is 24.2. The Morgan fingerprint density at radius 1 is 0.628 bits per heavy atom. The van der Waals surface area contributed by atoms with Gasteiger partial charge in [-0.2, -0.15) is 0 Å². The van der Waals surface area contributed by atoms with Crippen molar-refractivity contribution in [3.8, 4) is 33.5 Å². The Hall–Kier alpha value is -5.32. The molecule has 0 spiro atoms. The molecule has 3 heterocycles. The van der Waals surface area contributed by atoms with Crippen molar-refractivity contribution in [2.75, 3.05) is 0 Å². The third kappa shape index (κ3) is 3.80. The number of thiophene rings is 1. The zero-order valence-electron chi connectivity index (χ0n) is 23.3. The van der Waals surface area contributed by atoms with Crippen LogP contribution in [0, 0.1) is 6.92 Å². The topological polar surface area (TPSA) is 38.9 Å². The van der Waals surface area contributed by atoms with E-state index in [1.54, 1.807) is 0 Å². The van der Waals surface area contributed by atoms with Gasteiger partial charge in [0, 0.05) is 25.7 Å². The van der Waals surface area contributed by atoms with E-state index in [4.69, 9.17) is 14.4 Å². The average molecular weight is 569 g/mol. The van der Waals surface area contributed by atoms with Crippen LogP contribution in [0.4, 0.5) is 0 Å². The molecule has 9 rings (SSSR count). The highest BCUT2D eigenvalue weighted by Crippen LogP contribution is 2.41. The molecule has 0 fully saturated rings. The fraction of sp³-hybridized carbons (Fsp3) is 0.0256. The lowest BCUT2D eigenvalue weighted by atomic mass is 9.96. The molecule has 0 saturated heterocycles. The van der Waals surface area contributed by atoms with E-state index in [0.29, 0.717) is 5.71 Å². The van der Waals surface area contributed by atoms with Crippen LogP contribution in [0.5, 0.6) is 0 Å². The van der Waals surface area contributed by atoms with Gasteiger partial charge in [-0.15, -0.1) is 11.3 Å². The number of furan rings is 1. The quantitative estimate of drug-likeness (QED) is 0.213. The molecule has 0 aliphatic carbocycles. The fourth-order valence-corrected chi connectivity index (χ4v) is 7.62. The average Bonchev–Trinajstić information content (AvgIpc) is 3.64. The maximum atomic E-state index is 6.21. The van der Waals surface area contributed by atoms with Gasteiger partial charge in [0.05, 0.1) is 17.3 Å². The first kappa shape index (κ1) is 24.3. The van der Waals surface area contributed by atoms with Crippen molar-refractivity contribution in [1.82, 2.24) is 9.97 Å². The van der Waals surface area contributed by atoms with E-state index in [0.717, 1.165) is 44.3 Å². The van der Waals surface area contributed by atoms with Gasteiger partial charge < -0.3 is 4.42 Å². The number of aromatic nitrogens is 2. The van der Waals surface area contributed by atoms with E-state index >= 15 is 0 Å². The highest BCUT2D eigenvalue weighted by atomic mass is 32.1. The highest BCUT2D eigenvalue weighted by Gasteiger charge is 2.17. The predicted molar refractivity (Wildman–Crippen MR) is 181 cm³/mol. The van der Waals surface area contributed by atoms with Crippen LogP contribution in [0.25, 0.3) is 86.7 Å². The van der Waals surface area contributed by atoms with Gasteiger partial charge in [0.1, 0.15) is 11.1 Å². The summed E-state index contributed by atoms with van der Waals surface area (Å²) in [6.07, 6.45) is 1.82. The van der Waals surface area contributed by atoms with E-state index in [2.05, 4.69) is 128 Å². The van der Waals surface area contributed by atoms with Crippen molar-refractivity contribution in [2.45, 2.75) is 6.92 Å². The maximum Gasteiger partial charge on any atom is 0.246 e. The first-order valence-corrected chi connectivity index (χ1v) is 15.2. The number of aryl methyl sites for hydroxylation is 1. The first-order valence-electron chi connectivity index (χ1n) is 14.4. The van der Waals surface area contributed by atoms with Crippen LogP contribution < -0.4 is 0 Å². The van der Waals surface area contributed by atoms with Gasteiger partial charge in [0.25, 0.3) is 0 Å². The van der Waals surface area contributed by atoms with Crippen LogP contribution in [0.3, 0.4) is 0 Å². The van der Waals surface area contributed by atoms with Crippen molar-refractivity contribution in [3.63, 3.8) is 0 Å². The van der Waals surface area contributed by atoms with E-state index in [1.807, 2.05) is 17.5 Å². The van der Waals surface area contributed by atoms with Gasteiger partial charge in [-0.05, 0) is 69.8 Å². The molecule has 3 nitrogen and oxygen atoms in total. The molecule has 43 heavy (non-hydrogen) atoms. The van der Waals surface area contributed by atoms with Crippen LogP contribution in [0.15, 0.2) is 132 Å². The summed E-state index contributed by atoms with van der Waals surface area (Å²) >= 11 is 1.87. The number of fused-ring (bicyclic) bond motifs is 8. The Bertz CT molecular complexity index is 2540. The Kier molecular flexibility index (Phi) is 5.28. The summed E-state index contributed by atoms with van der Waals surface area (Å²) in [6.45, 7) is 2.08. The van der Waals surface area contributed by atoms with Gasteiger partial charge in [-0.3, -0.25) is 0 Å². The highest BCUT2D eigenvalue weighted by molar-refractivity contribution is 7.26. The Morgan fingerprint density at radius 3 is 2.21 bits per heavy atom. The van der Waals surface area contributed by atoms with Crippen LogP contribution in [0.2, 0.25) is 0 Å². The third-order valence-electron chi connectivity index (χ3n) is 8.43. The van der Waals surface area contributed by atoms with E-state index in [9.17, 15) is 0 Å². The standard InChI is InChI=1S/C39H24N2OS/c1-23-19-26-9-2-3-14-29(26)35-36-39(42-37(23)35)40-22-33(41-36)28-13-7-11-25(21-28)24-10-6-12-27(20-24)30-16-8-17-32-31-15-4-5-18-34(31)43-38(30)32/h2-22H,1H3. The summed E-state index contributed by atoms with van der Waals surface area (Å²) in [7, 11) is 0. The molecule has 202 valence electrons. The van der Waals surface area contributed by atoms with Crippen molar-refractivity contribution >= 4 is 64.5 Å². The van der Waals surface area contributed by atoms with E-state index in [-0.39, 0.29) is 0 Å². The lowest BCUT2D eigenvalue weighted by Crippen LogP contribution is -1.88. The van der Waals surface area contributed by atoms with E-state index < -0.39 is 0 Å². The molecular formula is C39H24N2OS. The summed E-state index contributed by atoms with van der Waals surface area (Å²) in [5, 5.41) is 5.97. The number of rotatable bonds is 3. The summed E-state index contributed by atoms with van der Waals surface area (Å²) < 4.78 is 8.85. The van der Waals surface area contributed by atoms with E-state index in [1.165, 1.54) is 42.2 Å². The smallest absolute Gasteiger partial charge is 0.246 e. The van der Waals surface area contributed by atoms with Gasteiger partial charge in [-0.25, -0.2) is 9.97 Å². The lowest BCUT2D eigenvalue weighted by molar-refractivity contribution is 0.650. The van der Waals surface area contributed by atoms with Gasteiger partial charge >= 0.3 is 0 Å². The van der Waals surface area contributed by atoms with Gasteiger partial charge in [0.15, 0.2) is 0 Å². The second-order valence-corrected chi connectivity index (χ2v) is 12.1. The normalized spacial score (nSPS) is 11.8. The largest absolute Gasteiger partial charge is 0.436 e. The third-order valence-corrected chi connectivity index (χ3v) is 9.65. The summed E-state index contributed by atoms with van der Waals surface area (Å²) in [5.74, 6) is 0. The van der Waals surface area contributed by atoms with Crippen LogP contribution in [-0.2, 0) is 0 Å². The Balaban J connectivity index is 1.16. The second kappa shape index (κ2) is 9.35. The number of hydrogen-bond acceptors (Lipinski definition) is 4. The molecule has 0 amide bonds. The van der Waals surface area contributed by atoms with Gasteiger partial charge in [-0.1, -0.05) is 97.1 Å². The molecule has 0 atom stereocenters. The molecule has 0 saturated carbocycles. The molecule has 3 aromatic heterocycles. The van der Waals surface area contributed by atoms with Gasteiger partial charge in [0.2, 0.25) is 5.71 Å². The minimum atomic E-state index is 0.567. The predicted octanol–water partition coefficient (Wildman–Crippen LogP) is 11.2. The number of benzene rings is 6. The molecule has 0 aliphatic rings. The molecule has 0 radical (unpaired) electrons. The zero-order chi connectivity index (χ0) is 28.5. The minimum Gasteiger partial charge on any atom is -0.436 e. The number of nitrogens with zero attached hydrogens (tertiary/aromatic N) is 2.